The van der Waals surface area contributed by atoms with Crippen LogP contribution in [0.25, 0.3) is 99.5 Å². The second-order valence-electron chi connectivity index (χ2n) is 12.3. The third kappa shape index (κ3) is 4.42. The van der Waals surface area contributed by atoms with Gasteiger partial charge >= 0.3 is 0 Å². The van der Waals surface area contributed by atoms with E-state index in [4.69, 9.17) is 19.4 Å². The van der Waals surface area contributed by atoms with Crippen LogP contribution in [0.4, 0.5) is 0 Å². The van der Waals surface area contributed by atoms with E-state index in [-0.39, 0.29) is 0 Å². The summed E-state index contributed by atoms with van der Waals surface area (Å²) in [6, 6.07) is 56.9. The Morgan fingerprint density at radius 1 is 0.327 bits per heavy atom. The van der Waals surface area contributed by atoms with Crippen LogP contribution in [0.5, 0.6) is 0 Å². The number of para-hydroxylation sites is 1. The van der Waals surface area contributed by atoms with Crippen molar-refractivity contribution in [1.82, 2.24) is 15.0 Å². The number of aromatic nitrogens is 3. The first-order valence-electron chi connectivity index (χ1n) is 16.5. The lowest BCUT2D eigenvalue weighted by atomic mass is 9.89. The highest BCUT2D eigenvalue weighted by Gasteiger charge is 2.20. The lowest BCUT2D eigenvalue weighted by Crippen LogP contribution is -2.01. The average molecular weight is 626 g/mol. The van der Waals surface area contributed by atoms with E-state index < -0.39 is 0 Å². The fraction of sp³-hybridized carbons (Fsp3) is 0. The zero-order valence-electron chi connectivity index (χ0n) is 26.3. The summed E-state index contributed by atoms with van der Waals surface area (Å²) in [5, 5.41) is 9.06. The van der Waals surface area contributed by atoms with Crippen LogP contribution in [0.15, 0.2) is 168 Å². The van der Waals surface area contributed by atoms with Gasteiger partial charge in [-0.3, -0.25) is 0 Å². The lowest BCUT2D eigenvalue weighted by molar-refractivity contribution is 0.669. The Kier molecular flexibility index (Phi) is 6.15. The monoisotopic (exact) mass is 625 g/mol. The Morgan fingerprint density at radius 2 is 0.898 bits per heavy atom. The molecule has 0 fully saturated rings. The van der Waals surface area contributed by atoms with Gasteiger partial charge in [-0.15, -0.1) is 0 Å². The summed E-state index contributed by atoms with van der Waals surface area (Å²) in [6.07, 6.45) is 0. The van der Waals surface area contributed by atoms with Crippen LogP contribution in [-0.4, -0.2) is 15.0 Å². The maximum Gasteiger partial charge on any atom is 0.164 e. The smallest absolute Gasteiger partial charge is 0.164 e. The van der Waals surface area contributed by atoms with Crippen molar-refractivity contribution < 1.29 is 4.42 Å². The maximum absolute atomic E-state index is 6.26. The van der Waals surface area contributed by atoms with E-state index in [0.29, 0.717) is 17.5 Å². The van der Waals surface area contributed by atoms with Crippen LogP contribution >= 0.6 is 0 Å². The van der Waals surface area contributed by atoms with Crippen molar-refractivity contribution in [3.05, 3.63) is 164 Å². The number of furan rings is 1. The zero-order chi connectivity index (χ0) is 32.3. The molecule has 0 aliphatic rings. The molecule has 10 rings (SSSR count). The minimum atomic E-state index is 0.604. The molecule has 0 N–H and O–H groups in total. The first-order valence-corrected chi connectivity index (χ1v) is 16.5. The number of nitrogens with zero attached hydrogens (tertiary/aromatic N) is 3. The third-order valence-electron chi connectivity index (χ3n) is 9.52. The molecule has 0 unspecified atom stereocenters. The quantitative estimate of drug-likeness (QED) is 0.183. The van der Waals surface area contributed by atoms with Gasteiger partial charge in [0.05, 0.1) is 0 Å². The van der Waals surface area contributed by atoms with Gasteiger partial charge in [-0.1, -0.05) is 146 Å². The number of benzene rings is 8. The average Bonchev–Trinajstić information content (AvgIpc) is 3.56. The second kappa shape index (κ2) is 11.0. The molecule has 228 valence electrons. The molecule has 10 aromatic rings. The van der Waals surface area contributed by atoms with E-state index in [1.807, 2.05) is 60.7 Å². The molecule has 2 heterocycles. The largest absolute Gasteiger partial charge is 0.456 e. The van der Waals surface area contributed by atoms with E-state index in [0.717, 1.165) is 49.4 Å². The topological polar surface area (TPSA) is 51.8 Å². The summed E-state index contributed by atoms with van der Waals surface area (Å²) >= 11 is 0. The van der Waals surface area contributed by atoms with Crippen LogP contribution in [0.3, 0.4) is 0 Å². The van der Waals surface area contributed by atoms with E-state index in [1.165, 1.54) is 32.7 Å². The predicted molar refractivity (Wildman–Crippen MR) is 201 cm³/mol. The molecule has 0 radical (unpaired) electrons. The molecule has 4 heteroatoms. The van der Waals surface area contributed by atoms with E-state index in [1.54, 1.807) is 0 Å². The molecule has 0 amide bonds. The predicted octanol–water partition coefficient (Wildman–Crippen LogP) is 11.9. The van der Waals surface area contributed by atoms with Gasteiger partial charge in [0.25, 0.3) is 0 Å². The van der Waals surface area contributed by atoms with Crippen LogP contribution < -0.4 is 0 Å². The minimum absolute atomic E-state index is 0.604. The summed E-state index contributed by atoms with van der Waals surface area (Å²) < 4.78 is 6.26. The van der Waals surface area contributed by atoms with Crippen molar-refractivity contribution in [2.45, 2.75) is 0 Å². The first-order chi connectivity index (χ1) is 24.3. The van der Waals surface area contributed by atoms with E-state index in [9.17, 15) is 0 Å². The molecule has 0 bridgehead atoms. The lowest BCUT2D eigenvalue weighted by Gasteiger charge is -2.16. The number of hydrogen-bond donors (Lipinski definition) is 0. The van der Waals surface area contributed by atoms with Crippen molar-refractivity contribution in [3.8, 4) is 45.3 Å². The normalized spacial score (nSPS) is 11.7. The highest BCUT2D eigenvalue weighted by molar-refractivity contribution is 6.20. The summed E-state index contributed by atoms with van der Waals surface area (Å²) in [4.78, 5) is 15.6. The van der Waals surface area contributed by atoms with Gasteiger partial charge < -0.3 is 4.42 Å². The molecule has 0 aliphatic carbocycles. The highest BCUT2D eigenvalue weighted by atomic mass is 16.3. The summed E-state index contributed by atoms with van der Waals surface area (Å²) in [6.45, 7) is 0. The SMILES string of the molecule is c1ccc(-c2nc(-c3cc4ccccc4c4c(-c5cccc6ccccc56)cccc34)nc(-c3cccc4oc5ccccc5c34)n2)cc1. The summed E-state index contributed by atoms with van der Waals surface area (Å²) in [7, 11) is 0. The fourth-order valence-electron chi connectivity index (χ4n) is 7.31. The molecule has 49 heavy (non-hydrogen) atoms. The molecule has 0 aliphatic heterocycles. The first kappa shape index (κ1) is 27.5. The van der Waals surface area contributed by atoms with Crippen molar-refractivity contribution in [2.24, 2.45) is 0 Å². The summed E-state index contributed by atoms with van der Waals surface area (Å²) in [5.74, 6) is 1.85. The number of hydrogen-bond acceptors (Lipinski definition) is 4. The molecule has 0 spiro atoms. The summed E-state index contributed by atoms with van der Waals surface area (Å²) in [5.41, 5.74) is 6.82. The van der Waals surface area contributed by atoms with Gasteiger partial charge in [-0.2, -0.15) is 0 Å². The molecule has 8 aromatic carbocycles. The Balaban J connectivity index is 1.30. The van der Waals surface area contributed by atoms with Gasteiger partial charge in [0.1, 0.15) is 11.2 Å². The Morgan fingerprint density at radius 3 is 1.78 bits per heavy atom. The van der Waals surface area contributed by atoms with Crippen molar-refractivity contribution >= 4 is 54.3 Å². The van der Waals surface area contributed by atoms with Crippen LogP contribution in [0.2, 0.25) is 0 Å². The highest BCUT2D eigenvalue weighted by Crippen LogP contribution is 2.42. The van der Waals surface area contributed by atoms with Gasteiger partial charge in [0.15, 0.2) is 17.5 Å². The van der Waals surface area contributed by atoms with Gasteiger partial charge in [-0.05, 0) is 61.6 Å². The molecule has 0 saturated heterocycles. The minimum Gasteiger partial charge on any atom is -0.456 e. The third-order valence-corrected chi connectivity index (χ3v) is 9.52. The van der Waals surface area contributed by atoms with Crippen molar-refractivity contribution in [2.75, 3.05) is 0 Å². The van der Waals surface area contributed by atoms with E-state index in [2.05, 4.69) is 103 Å². The van der Waals surface area contributed by atoms with Gasteiger partial charge in [-0.25, -0.2) is 15.0 Å². The fourth-order valence-corrected chi connectivity index (χ4v) is 7.31. The van der Waals surface area contributed by atoms with Gasteiger partial charge in [0.2, 0.25) is 0 Å². The van der Waals surface area contributed by atoms with Crippen LogP contribution in [0.1, 0.15) is 0 Å². The van der Waals surface area contributed by atoms with Crippen molar-refractivity contribution in [3.63, 3.8) is 0 Å². The molecular weight excluding hydrogens is 599 g/mol. The van der Waals surface area contributed by atoms with Crippen molar-refractivity contribution in [1.29, 1.82) is 0 Å². The number of fused-ring (bicyclic) bond motifs is 7. The maximum atomic E-state index is 6.26. The molecule has 0 saturated carbocycles. The zero-order valence-corrected chi connectivity index (χ0v) is 26.3. The molecule has 2 aromatic heterocycles. The molecule has 4 nitrogen and oxygen atoms in total. The van der Waals surface area contributed by atoms with Crippen LogP contribution in [0, 0.1) is 0 Å². The second-order valence-corrected chi connectivity index (χ2v) is 12.3. The van der Waals surface area contributed by atoms with Gasteiger partial charge in [0, 0.05) is 27.5 Å². The molecular formula is C45H27N3O. The standard InChI is InChI=1S/C45H27N3O/c1-2-14-29(15-3-1)43-46-44(37-24-12-26-40-42(37)36-20-8-9-25-39(36)49-40)48-45(47-43)38-27-30-16-5-7-19-32(30)41-34(22-11-23-35(38)41)33-21-10-17-28-13-4-6-18-31(28)33/h1-27H. The Labute approximate surface area is 282 Å². The number of rotatable bonds is 4. The van der Waals surface area contributed by atoms with E-state index >= 15 is 0 Å². The Hall–Kier alpha value is -6.65. The van der Waals surface area contributed by atoms with Crippen LogP contribution in [-0.2, 0) is 0 Å². The Bertz CT molecular complexity index is 2890. The molecule has 0 atom stereocenters.